The topological polar surface area (TPSA) is 98.0 Å². The molecule has 8 nitrogen and oxygen atoms in total. The normalized spacial score (nSPS) is 15.5. The first-order chi connectivity index (χ1) is 15.5. The Bertz CT molecular complexity index is 1220. The Morgan fingerprint density at radius 1 is 1.28 bits per heavy atom. The molecule has 32 heavy (non-hydrogen) atoms. The van der Waals surface area contributed by atoms with E-state index in [1.54, 1.807) is 12.3 Å². The van der Waals surface area contributed by atoms with Crippen LogP contribution in [0.1, 0.15) is 12.5 Å². The molecule has 0 unspecified atom stereocenters. The first-order valence-electron chi connectivity index (χ1n) is 9.73. The van der Waals surface area contributed by atoms with E-state index in [1.807, 2.05) is 61.5 Å². The molecule has 0 N–H and O–H groups in total. The number of aryl methyl sites for hydroxylation is 1. The maximum atomic E-state index is 13.2. The molecule has 0 atom stereocenters. The highest BCUT2D eigenvalue weighted by Crippen LogP contribution is 2.29. The van der Waals surface area contributed by atoms with Gasteiger partial charge in [-0.05, 0) is 48.7 Å². The first-order valence-corrected chi connectivity index (χ1v) is 11.5. The van der Waals surface area contributed by atoms with Crippen molar-refractivity contribution < 1.29 is 19.1 Å². The lowest BCUT2D eigenvalue weighted by Crippen LogP contribution is -2.32. The number of amides is 1. The van der Waals surface area contributed by atoms with E-state index in [1.165, 1.54) is 9.58 Å². The molecule has 3 aromatic rings. The maximum Gasteiger partial charge on any atom is 0.320 e. The fourth-order valence-electron chi connectivity index (χ4n) is 2.90. The van der Waals surface area contributed by atoms with Gasteiger partial charge in [0, 0.05) is 10.2 Å². The van der Waals surface area contributed by atoms with Crippen LogP contribution in [0.2, 0.25) is 0 Å². The Labute approximate surface area is 197 Å². The Morgan fingerprint density at radius 2 is 2.09 bits per heavy atom. The molecule has 4 rings (SSSR count). The number of nitrogens with zero attached hydrogens (tertiary/aromatic N) is 5. The van der Waals surface area contributed by atoms with Crippen LogP contribution in [0, 0.1) is 0 Å². The Morgan fingerprint density at radius 3 is 2.81 bits per heavy atom. The number of rotatable bonds is 6. The standard InChI is InChI=1S/C22H18BrN5O3S/c1-2-27-13-20(31-26-27)25-19(29)14-32-22-24-18(12-15-7-6-8-16(23)11-15)21(30)28(22)17-9-4-3-5-10-17/h3-13H,2,14H2,1H3/b18-12+. The quantitative estimate of drug-likeness (QED) is 0.219. The van der Waals surface area contributed by atoms with Gasteiger partial charge in [-0.3, -0.25) is 14.2 Å². The van der Waals surface area contributed by atoms with Gasteiger partial charge in [-0.2, -0.15) is 0 Å². The average molecular weight is 512 g/mol. The molecule has 0 bridgehead atoms. The van der Waals surface area contributed by atoms with Gasteiger partial charge in [0.25, 0.3) is 12.1 Å². The summed E-state index contributed by atoms with van der Waals surface area (Å²) in [5.41, 5.74) is 1.80. The molecule has 0 fully saturated rings. The molecule has 2 heterocycles. The van der Waals surface area contributed by atoms with E-state index in [9.17, 15) is 9.90 Å². The monoisotopic (exact) mass is 511 g/mol. The molecule has 1 amide bonds. The van der Waals surface area contributed by atoms with Crippen molar-refractivity contribution in [1.82, 2.24) is 5.27 Å². The van der Waals surface area contributed by atoms with E-state index < -0.39 is 5.90 Å². The van der Waals surface area contributed by atoms with Gasteiger partial charge in [-0.1, -0.05) is 62.7 Å². The lowest BCUT2D eigenvalue weighted by Gasteiger charge is -2.18. The Kier molecular flexibility index (Phi) is 6.81. The highest BCUT2D eigenvalue weighted by molar-refractivity contribution is 9.10. The molecule has 162 valence electrons. The zero-order valence-corrected chi connectivity index (χ0v) is 19.4. The number of carbonyl (C=O) groups excluding carboxylic acids is 1. The van der Waals surface area contributed by atoms with Crippen LogP contribution in [-0.2, 0) is 11.3 Å². The number of carbonyl (C=O) groups is 1. The number of halogens is 1. The molecule has 10 heteroatoms. The second-order valence-electron chi connectivity index (χ2n) is 6.65. The number of hydrogen-bond acceptors (Lipinski definition) is 7. The minimum absolute atomic E-state index is 0.00750. The highest BCUT2D eigenvalue weighted by Gasteiger charge is 2.31. The molecule has 1 aromatic heterocycles. The molecule has 0 saturated carbocycles. The van der Waals surface area contributed by atoms with Crippen LogP contribution >= 0.6 is 27.7 Å². The summed E-state index contributed by atoms with van der Waals surface area (Å²) >= 11 is 4.58. The smallest absolute Gasteiger partial charge is 0.320 e. The van der Waals surface area contributed by atoms with Crippen LogP contribution in [0.15, 0.2) is 85.5 Å². The van der Waals surface area contributed by atoms with Crippen LogP contribution in [0.4, 0.5) is 11.6 Å². The third-order valence-corrected chi connectivity index (χ3v) is 5.79. The predicted octanol–water partition coefficient (Wildman–Crippen LogP) is 3.31. The summed E-state index contributed by atoms with van der Waals surface area (Å²) in [5.74, 6) is -0.548. The fraction of sp³-hybridized carbons (Fsp3) is 0.136. The summed E-state index contributed by atoms with van der Waals surface area (Å²) < 4.78 is 7.45. The molecular formula is C22H18BrN5O3S. The van der Waals surface area contributed by atoms with Crippen LogP contribution in [-0.4, -0.2) is 28.0 Å². The predicted molar refractivity (Wildman–Crippen MR) is 125 cm³/mol. The minimum atomic E-state index is -0.415. The summed E-state index contributed by atoms with van der Waals surface area (Å²) in [5, 5.41) is 16.5. The van der Waals surface area contributed by atoms with E-state index in [2.05, 4.69) is 31.2 Å². The van der Waals surface area contributed by atoms with E-state index in [4.69, 9.17) is 4.52 Å². The lowest BCUT2D eigenvalue weighted by molar-refractivity contribution is -0.759. The zero-order valence-electron chi connectivity index (χ0n) is 17.0. The van der Waals surface area contributed by atoms with Crippen LogP contribution in [0.3, 0.4) is 0 Å². The molecule has 2 aromatic carbocycles. The van der Waals surface area contributed by atoms with Crippen molar-refractivity contribution in [3.63, 3.8) is 0 Å². The van der Waals surface area contributed by atoms with Gasteiger partial charge in [-0.25, -0.2) is 9.98 Å². The van der Waals surface area contributed by atoms with E-state index in [0.29, 0.717) is 17.4 Å². The number of para-hydroxylation sites is 1. The molecule has 0 aliphatic carbocycles. The summed E-state index contributed by atoms with van der Waals surface area (Å²) in [4.78, 5) is 23.1. The summed E-state index contributed by atoms with van der Waals surface area (Å²) in [7, 11) is 0. The van der Waals surface area contributed by atoms with E-state index in [-0.39, 0.29) is 23.2 Å². The van der Waals surface area contributed by atoms with Gasteiger partial charge in [-0.15, -0.1) is 0 Å². The number of amidine groups is 1. The Balaban J connectivity index is 1.59. The first kappa shape index (κ1) is 22.0. The zero-order chi connectivity index (χ0) is 22.5. The average Bonchev–Trinajstić information content (AvgIpc) is 3.37. The summed E-state index contributed by atoms with van der Waals surface area (Å²) in [6, 6.07) is 16.8. The maximum absolute atomic E-state index is 13.2. The van der Waals surface area contributed by atoms with Crippen molar-refractivity contribution in [3.8, 4) is 0 Å². The van der Waals surface area contributed by atoms with Gasteiger partial charge in [0.2, 0.25) is 5.27 Å². The van der Waals surface area contributed by atoms with Crippen molar-refractivity contribution in [1.29, 1.82) is 0 Å². The van der Waals surface area contributed by atoms with Crippen LogP contribution in [0.25, 0.3) is 6.08 Å². The van der Waals surface area contributed by atoms with E-state index in [0.717, 1.165) is 21.8 Å². The minimum Gasteiger partial charge on any atom is -0.861 e. The summed E-state index contributed by atoms with van der Waals surface area (Å²) in [6.45, 7) is 2.51. The third kappa shape index (κ3) is 5.14. The second kappa shape index (κ2) is 9.92. The van der Waals surface area contributed by atoms with Gasteiger partial charge >= 0.3 is 5.88 Å². The van der Waals surface area contributed by atoms with Gasteiger partial charge in [0.15, 0.2) is 11.7 Å². The number of anilines is 1. The van der Waals surface area contributed by atoms with Crippen LogP contribution < -0.4 is 14.7 Å². The number of benzene rings is 2. The Hall–Kier alpha value is -3.24. The molecule has 0 spiro atoms. The molecule has 0 saturated heterocycles. The lowest BCUT2D eigenvalue weighted by atomic mass is 10.2. The molecular weight excluding hydrogens is 494 g/mol. The summed E-state index contributed by atoms with van der Waals surface area (Å²) in [6.07, 6.45) is 3.27. The largest absolute Gasteiger partial charge is 0.861 e. The van der Waals surface area contributed by atoms with Crippen molar-refractivity contribution in [2.24, 2.45) is 9.98 Å². The molecule has 1 aliphatic rings. The van der Waals surface area contributed by atoms with Gasteiger partial charge in [0.05, 0.1) is 5.69 Å². The van der Waals surface area contributed by atoms with Crippen LogP contribution in [0.5, 0.6) is 0 Å². The van der Waals surface area contributed by atoms with Crippen molar-refractivity contribution >= 4 is 62.3 Å². The highest BCUT2D eigenvalue weighted by atomic mass is 79.9. The van der Waals surface area contributed by atoms with Crippen molar-refractivity contribution in [3.05, 3.63) is 76.5 Å². The third-order valence-electron chi connectivity index (χ3n) is 4.38. The second-order valence-corrected chi connectivity index (χ2v) is 8.50. The van der Waals surface area contributed by atoms with E-state index >= 15 is 0 Å². The molecule has 1 aliphatic heterocycles. The molecule has 0 radical (unpaired) electrons. The number of aromatic nitrogens is 2. The van der Waals surface area contributed by atoms with Gasteiger partial charge in [0.1, 0.15) is 5.70 Å². The SMILES string of the molecule is CC[n+]1cc(/N=C(/[O-])CSC2=N/C(=C/c3cccc(Br)c3)C(=O)N2c2ccccc2)on1. The van der Waals surface area contributed by atoms with Crippen molar-refractivity contribution in [2.45, 2.75) is 13.5 Å². The number of aliphatic imine (C=N–C) groups is 2. The fourth-order valence-corrected chi connectivity index (χ4v) is 4.12. The van der Waals surface area contributed by atoms with Crippen molar-refractivity contribution in [2.75, 3.05) is 10.7 Å². The van der Waals surface area contributed by atoms with Gasteiger partial charge < -0.3 is 5.11 Å². The number of thioether (sulfide) groups is 1. The number of hydrogen-bond donors (Lipinski definition) is 0.